The number of ketones is 1. The summed E-state index contributed by atoms with van der Waals surface area (Å²) in [6, 6.07) is 4.01. The van der Waals surface area contributed by atoms with Gasteiger partial charge >= 0.3 is 0 Å². The van der Waals surface area contributed by atoms with E-state index in [4.69, 9.17) is 9.47 Å². The average molecular weight is 358 g/mol. The van der Waals surface area contributed by atoms with E-state index in [1.54, 1.807) is 0 Å². The third-order valence-corrected chi connectivity index (χ3v) is 4.28. The summed E-state index contributed by atoms with van der Waals surface area (Å²) in [5.41, 5.74) is 1.85. The Bertz CT molecular complexity index is 498. The van der Waals surface area contributed by atoms with Crippen LogP contribution in [0.2, 0.25) is 0 Å². The van der Waals surface area contributed by atoms with Crippen LogP contribution >= 0.6 is 22.6 Å². The Morgan fingerprint density at radius 3 is 2.94 bits per heavy atom. The molecule has 18 heavy (non-hydrogen) atoms. The van der Waals surface area contributed by atoms with Crippen LogP contribution in [0.1, 0.15) is 29.3 Å². The van der Waals surface area contributed by atoms with Gasteiger partial charge in [-0.3, -0.25) is 4.79 Å². The molecule has 0 radical (unpaired) electrons. The Morgan fingerprint density at radius 2 is 2.22 bits per heavy atom. The molecule has 1 aromatic carbocycles. The van der Waals surface area contributed by atoms with Gasteiger partial charge in [0.15, 0.2) is 5.78 Å². The number of rotatable bonds is 2. The second kappa shape index (κ2) is 4.81. The summed E-state index contributed by atoms with van der Waals surface area (Å²) >= 11 is 2.25. The molecule has 0 bridgehead atoms. The first-order valence-corrected chi connectivity index (χ1v) is 7.35. The quantitative estimate of drug-likeness (QED) is 0.603. The van der Waals surface area contributed by atoms with Gasteiger partial charge in [0.25, 0.3) is 0 Å². The van der Waals surface area contributed by atoms with Crippen LogP contribution in [0.15, 0.2) is 12.1 Å². The zero-order valence-electron chi connectivity index (χ0n) is 10.2. The molecular weight excluding hydrogens is 343 g/mol. The monoisotopic (exact) mass is 358 g/mol. The Labute approximate surface area is 120 Å². The number of hydrogen-bond acceptors (Lipinski definition) is 3. The molecule has 0 aliphatic carbocycles. The summed E-state index contributed by atoms with van der Waals surface area (Å²) in [6.07, 6.45) is 1.56. The molecule has 3 rings (SSSR count). The van der Waals surface area contributed by atoms with Crippen LogP contribution < -0.4 is 4.74 Å². The van der Waals surface area contributed by atoms with E-state index < -0.39 is 0 Å². The Hall–Kier alpha value is -0.620. The molecule has 2 unspecified atom stereocenters. The molecule has 1 aromatic rings. The second-order valence-electron chi connectivity index (χ2n) is 4.96. The fourth-order valence-electron chi connectivity index (χ4n) is 2.64. The molecular formula is C14H15IO3. The van der Waals surface area contributed by atoms with Crippen LogP contribution in [0.25, 0.3) is 0 Å². The highest BCUT2D eigenvalue weighted by Gasteiger charge is 2.34. The van der Waals surface area contributed by atoms with Crippen LogP contribution in [0, 0.1) is 9.49 Å². The lowest BCUT2D eigenvalue weighted by atomic mass is 9.94. The normalized spacial score (nSPS) is 25.9. The minimum Gasteiger partial charge on any atom is -0.492 e. The molecule has 0 amide bonds. The van der Waals surface area contributed by atoms with Crippen LogP contribution in [0.5, 0.6) is 5.75 Å². The first-order chi connectivity index (χ1) is 8.66. The molecule has 0 saturated carbocycles. The van der Waals surface area contributed by atoms with Crippen molar-refractivity contribution in [2.45, 2.75) is 25.9 Å². The Balaban J connectivity index is 1.99. The van der Waals surface area contributed by atoms with Crippen molar-refractivity contribution >= 4 is 28.4 Å². The number of halogens is 1. The largest absolute Gasteiger partial charge is 0.492 e. The maximum absolute atomic E-state index is 12.6. The second-order valence-corrected chi connectivity index (χ2v) is 6.21. The maximum Gasteiger partial charge on any atom is 0.195 e. The van der Waals surface area contributed by atoms with Gasteiger partial charge in [-0.1, -0.05) is 6.92 Å². The van der Waals surface area contributed by atoms with Gasteiger partial charge in [-0.15, -0.1) is 0 Å². The van der Waals surface area contributed by atoms with Gasteiger partial charge < -0.3 is 9.47 Å². The SMILES string of the molecule is CC1CCOC1C(=O)c1cc(I)cc2c1OCC2. The maximum atomic E-state index is 12.6. The molecule has 4 heteroatoms. The zero-order valence-corrected chi connectivity index (χ0v) is 12.4. The lowest BCUT2D eigenvalue weighted by molar-refractivity contribution is 0.0576. The van der Waals surface area contributed by atoms with Crippen molar-refractivity contribution in [2.75, 3.05) is 13.2 Å². The molecule has 2 heterocycles. The van der Waals surface area contributed by atoms with Crippen molar-refractivity contribution in [2.24, 2.45) is 5.92 Å². The molecule has 1 fully saturated rings. The van der Waals surface area contributed by atoms with Gasteiger partial charge in [0.2, 0.25) is 0 Å². The van der Waals surface area contributed by atoms with Crippen molar-refractivity contribution in [3.63, 3.8) is 0 Å². The van der Waals surface area contributed by atoms with Gasteiger partial charge in [-0.05, 0) is 52.6 Å². The summed E-state index contributed by atoms with van der Waals surface area (Å²) in [5.74, 6) is 1.16. The molecule has 2 atom stereocenters. The smallest absolute Gasteiger partial charge is 0.195 e. The van der Waals surface area contributed by atoms with Crippen molar-refractivity contribution in [1.82, 2.24) is 0 Å². The fourth-order valence-corrected chi connectivity index (χ4v) is 3.32. The van der Waals surface area contributed by atoms with E-state index in [-0.39, 0.29) is 11.9 Å². The fraction of sp³-hybridized carbons (Fsp3) is 0.500. The third-order valence-electron chi connectivity index (χ3n) is 3.66. The standard InChI is InChI=1S/C14H15IO3/c1-8-2-4-17-13(8)12(16)11-7-10(15)6-9-3-5-18-14(9)11/h6-8,13H,2-5H2,1H3. The number of fused-ring (bicyclic) bond motifs is 1. The summed E-state index contributed by atoms with van der Waals surface area (Å²) in [4.78, 5) is 12.6. The van der Waals surface area contributed by atoms with Gasteiger partial charge in [0.1, 0.15) is 11.9 Å². The molecule has 2 aliphatic heterocycles. The summed E-state index contributed by atoms with van der Waals surface area (Å²) < 4.78 is 12.3. The predicted molar refractivity (Wildman–Crippen MR) is 76.2 cm³/mol. The van der Waals surface area contributed by atoms with Crippen molar-refractivity contribution in [3.05, 3.63) is 26.8 Å². The third kappa shape index (κ3) is 2.05. The van der Waals surface area contributed by atoms with Gasteiger partial charge in [0.05, 0.1) is 12.2 Å². The summed E-state index contributed by atoms with van der Waals surface area (Å²) in [6.45, 7) is 3.44. The molecule has 1 saturated heterocycles. The van der Waals surface area contributed by atoms with Gasteiger partial charge in [-0.2, -0.15) is 0 Å². The predicted octanol–water partition coefficient (Wildman–Crippen LogP) is 2.83. The van der Waals surface area contributed by atoms with Gasteiger partial charge in [-0.25, -0.2) is 0 Å². The lowest BCUT2D eigenvalue weighted by Gasteiger charge is -2.15. The van der Waals surface area contributed by atoms with Crippen LogP contribution in [-0.4, -0.2) is 25.1 Å². The summed E-state index contributed by atoms with van der Waals surface area (Å²) in [5, 5.41) is 0. The number of carbonyl (C=O) groups is 1. The molecule has 3 nitrogen and oxygen atoms in total. The first-order valence-electron chi connectivity index (χ1n) is 6.28. The highest BCUT2D eigenvalue weighted by molar-refractivity contribution is 14.1. The Morgan fingerprint density at radius 1 is 1.39 bits per heavy atom. The average Bonchev–Trinajstić information content (AvgIpc) is 2.95. The Kier molecular flexibility index (Phi) is 3.32. The van der Waals surface area contributed by atoms with E-state index >= 15 is 0 Å². The molecule has 2 aliphatic rings. The van der Waals surface area contributed by atoms with E-state index in [9.17, 15) is 4.79 Å². The van der Waals surface area contributed by atoms with Crippen LogP contribution in [0.4, 0.5) is 0 Å². The number of benzene rings is 1. The number of Topliss-reactive ketones (excluding diaryl/α,β-unsaturated/α-hetero) is 1. The lowest BCUT2D eigenvalue weighted by Crippen LogP contribution is -2.25. The van der Waals surface area contributed by atoms with Gasteiger partial charge in [0, 0.05) is 16.6 Å². The topological polar surface area (TPSA) is 35.5 Å². The number of carbonyl (C=O) groups excluding carboxylic acids is 1. The molecule has 0 N–H and O–H groups in total. The van der Waals surface area contributed by atoms with Crippen LogP contribution in [-0.2, 0) is 11.2 Å². The van der Waals surface area contributed by atoms with E-state index in [2.05, 4.69) is 35.6 Å². The minimum absolute atomic E-state index is 0.0802. The van der Waals surface area contributed by atoms with Crippen molar-refractivity contribution in [3.8, 4) is 5.75 Å². The van der Waals surface area contributed by atoms with Crippen molar-refractivity contribution in [1.29, 1.82) is 0 Å². The molecule has 0 aromatic heterocycles. The zero-order chi connectivity index (χ0) is 12.7. The summed E-state index contributed by atoms with van der Waals surface area (Å²) in [7, 11) is 0. The molecule has 0 spiro atoms. The van der Waals surface area contributed by atoms with Crippen molar-refractivity contribution < 1.29 is 14.3 Å². The minimum atomic E-state index is -0.295. The number of hydrogen-bond donors (Lipinski definition) is 0. The molecule has 96 valence electrons. The number of ether oxygens (including phenoxy) is 2. The van der Waals surface area contributed by atoms with Crippen LogP contribution in [0.3, 0.4) is 0 Å². The van der Waals surface area contributed by atoms with E-state index in [1.807, 2.05) is 6.07 Å². The first kappa shape index (κ1) is 12.4. The highest BCUT2D eigenvalue weighted by atomic mass is 127. The van der Waals surface area contributed by atoms with E-state index in [0.29, 0.717) is 24.7 Å². The van der Waals surface area contributed by atoms with E-state index in [1.165, 1.54) is 0 Å². The highest BCUT2D eigenvalue weighted by Crippen LogP contribution is 2.34. The van der Waals surface area contributed by atoms with E-state index in [0.717, 1.165) is 27.7 Å².